The van der Waals surface area contributed by atoms with Crippen molar-refractivity contribution >= 4 is 0 Å². The van der Waals surface area contributed by atoms with Gasteiger partial charge in [0.25, 0.3) is 0 Å². The van der Waals surface area contributed by atoms with Gasteiger partial charge in [-0.2, -0.15) is 13.2 Å². The molecule has 4 heteroatoms. The summed E-state index contributed by atoms with van der Waals surface area (Å²) in [5.74, 6) is 0. The second-order valence-corrected chi connectivity index (χ2v) is 3.21. The van der Waals surface area contributed by atoms with Gasteiger partial charge in [0.2, 0.25) is 0 Å². The van der Waals surface area contributed by atoms with E-state index < -0.39 is 11.7 Å². The van der Waals surface area contributed by atoms with E-state index in [2.05, 4.69) is 11.1 Å². The first-order valence-electron chi connectivity index (χ1n) is 4.58. The Balaban J connectivity index is 2.45. The van der Waals surface area contributed by atoms with Crippen LogP contribution in [0.3, 0.4) is 0 Å². The van der Waals surface area contributed by atoms with Crippen molar-refractivity contribution in [1.29, 1.82) is 0 Å². The van der Waals surface area contributed by atoms with Crippen molar-refractivity contribution in [3.63, 3.8) is 0 Å². The Labute approximate surface area is 90.6 Å². The summed E-state index contributed by atoms with van der Waals surface area (Å²) in [4.78, 5) is 3.95. The van der Waals surface area contributed by atoms with E-state index in [1.165, 1.54) is 12.3 Å². The van der Waals surface area contributed by atoms with Gasteiger partial charge in [-0.3, -0.25) is 4.98 Å². The molecule has 16 heavy (non-hydrogen) atoms. The van der Waals surface area contributed by atoms with Crippen LogP contribution in [0, 0.1) is 6.07 Å². The lowest BCUT2D eigenvalue weighted by Crippen LogP contribution is -2.04. The maximum atomic E-state index is 12.5. The minimum atomic E-state index is -4.33. The van der Waals surface area contributed by atoms with Crippen LogP contribution in [0.25, 0.3) is 11.3 Å². The molecular weight excluding hydrogens is 215 g/mol. The Morgan fingerprint density at radius 1 is 1.12 bits per heavy atom. The fourth-order valence-electron chi connectivity index (χ4n) is 1.33. The highest BCUT2D eigenvalue weighted by molar-refractivity contribution is 5.59. The van der Waals surface area contributed by atoms with E-state index in [4.69, 9.17) is 0 Å². The highest BCUT2D eigenvalue weighted by atomic mass is 19.4. The van der Waals surface area contributed by atoms with E-state index in [9.17, 15) is 13.2 Å². The van der Waals surface area contributed by atoms with E-state index in [0.29, 0.717) is 11.3 Å². The third kappa shape index (κ3) is 2.21. The van der Waals surface area contributed by atoms with E-state index in [1.807, 2.05) is 0 Å². The number of rotatable bonds is 1. The van der Waals surface area contributed by atoms with Crippen molar-refractivity contribution in [3.05, 3.63) is 54.2 Å². The predicted molar refractivity (Wildman–Crippen MR) is 53.5 cm³/mol. The normalized spacial score (nSPS) is 11.4. The molecule has 0 fully saturated rings. The Kier molecular flexibility index (Phi) is 2.64. The van der Waals surface area contributed by atoms with Crippen molar-refractivity contribution in [2.75, 3.05) is 0 Å². The van der Waals surface area contributed by atoms with Gasteiger partial charge in [0, 0.05) is 17.8 Å². The van der Waals surface area contributed by atoms with Crippen LogP contribution >= 0.6 is 0 Å². The first-order chi connectivity index (χ1) is 7.57. The topological polar surface area (TPSA) is 12.9 Å². The van der Waals surface area contributed by atoms with Gasteiger partial charge in [-0.15, -0.1) is 0 Å². The molecule has 0 saturated carbocycles. The average Bonchev–Trinajstić information content (AvgIpc) is 2.29. The Morgan fingerprint density at radius 3 is 2.56 bits per heavy atom. The molecule has 0 aliphatic carbocycles. The zero-order chi connectivity index (χ0) is 11.6. The number of hydrogen-bond donors (Lipinski definition) is 0. The molecule has 81 valence electrons. The highest BCUT2D eigenvalue weighted by Gasteiger charge is 2.30. The predicted octanol–water partition coefficient (Wildman–Crippen LogP) is 3.57. The molecule has 0 amide bonds. The van der Waals surface area contributed by atoms with E-state index in [-0.39, 0.29) is 0 Å². The van der Waals surface area contributed by atoms with Gasteiger partial charge in [0.05, 0.1) is 11.3 Å². The van der Waals surface area contributed by atoms with E-state index >= 15 is 0 Å². The minimum Gasteiger partial charge on any atom is -0.256 e. The molecule has 1 heterocycles. The number of aromatic nitrogens is 1. The minimum absolute atomic E-state index is 0.411. The summed E-state index contributed by atoms with van der Waals surface area (Å²) >= 11 is 0. The number of pyridine rings is 1. The monoisotopic (exact) mass is 222 g/mol. The van der Waals surface area contributed by atoms with Crippen LogP contribution in [-0.4, -0.2) is 4.98 Å². The fourth-order valence-corrected chi connectivity index (χ4v) is 1.33. The van der Waals surface area contributed by atoms with Gasteiger partial charge in [0.15, 0.2) is 0 Å². The van der Waals surface area contributed by atoms with E-state index in [0.717, 1.165) is 12.1 Å². The number of halogens is 3. The lowest BCUT2D eigenvalue weighted by molar-refractivity contribution is -0.137. The van der Waals surface area contributed by atoms with Gasteiger partial charge in [-0.05, 0) is 18.2 Å². The zero-order valence-corrected chi connectivity index (χ0v) is 8.12. The van der Waals surface area contributed by atoms with Crippen LogP contribution in [0.2, 0.25) is 0 Å². The van der Waals surface area contributed by atoms with Crippen LogP contribution in [0.15, 0.2) is 42.6 Å². The molecule has 2 aromatic rings. The van der Waals surface area contributed by atoms with Crippen LogP contribution in [0.4, 0.5) is 13.2 Å². The summed E-state index contributed by atoms with van der Waals surface area (Å²) in [5, 5.41) is 0. The van der Waals surface area contributed by atoms with Gasteiger partial charge in [-0.1, -0.05) is 18.2 Å². The van der Waals surface area contributed by atoms with Crippen molar-refractivity contribution in [1.82, 2.24) is 4.98 Å². The summed E-state index contributed by atoms with van der Waals surface area (Å²) in [6, 6.07) is 11.1. The number of alkyl halides is 3. The second-order valence-electron chi connectivity index (χ2n) is 3.21. The quantitative estimate of drug-likeness (QED) is 0.718. The molecule has 2 rings (SSSR count). The lowest BCUT2D eigenvalue weighted by atomic mass is 10.1. The fraction of sp³-hybridized carbons (Fsp3) is 0.0833. The number of nitrogens with zero attached hydrogens (tertiary/aromatic N) is 1. The molecule has 1 radical (unpaired) electrons. The van der Waals surface area contributed by atoms with Crippen molar-refractivity contribution < 1.29 is 13.2 Å². The van der Waals surface area contributed by atoms with Crippen molar-refractivity contribution in [3.8, 4) is 11.3 Å². The maximum Gasteiger partial charge on any atom is 0.416 e. The second kappa shape index (κ2) is 3.96. The van der Waals surface area contributed by atoms with Gasteiger partial charge >= 0.3 is 6.18 Å². The smallest absolute Gasteiger partial charge is 0.256 e. The largest absolute Gasteiger partial charge is 0.416 e. The van der Waals surface area contributed by atoms with Crippen LogP contribution in [0.5, 0.6) is 0 Å². The Bertz CT molecular complexity index is 477. The highest BCUT2D eigenvalue weighted by Crippen LogP contribution is 2.31. The molecule has 0 N–H and O–H groups in total. The van der Waals surface area contributed by atoms with Crippen molar-refractivity contribution in [2.45, 2.75) is 6.18 Å². The van der Waals surface area contributed by atoms with Gasteiger partial charge in [-0.25, -0.2) is 0 Å². The molecule has 1 nitrogen and oxygen atoms in total. The summed E-state index contributed by atoms with van der Waals surface area (Å²) in [7, 11) is 0. The summed E-state index contributed by atoms with van der Waals surface area (Å²) in [5.41, 5.74) is 0.146. The molecule has 0 unspecified atom stereocenters. The molecule has 1 aromatic carbocycles. The molecule has 0 bridgehead atoms. The molecule has 1 aromatic heterocycles. The van der Waals surface area contributed by atoms with Crippen molar-refractivity contribution in [2.24, 2.45) is 0 Å². The molecule has 0 aliphatic rings. The van der Waals surface area contributed by atoms with Gasteiger partial charge in [0.1, 0.15) is 0 Å². The summed E-state index contributed by atoms with van der Waals surface area (Å²) in [6.45, 7) is 0. The standard InChI is InChI=1S/C12H7F3N/c13-12(14,15)10-5-3-4-9(8-10)11-6-1-2-7-16-11/h1-5,7-8H. The lowest BCUT2D eigenvalue weighted by Gasteiger charge is -2.07. The Hall–Kier alpha value is -1.84. The van der Waals surface area contributed by atoms with E-state index in [1.54, 1.807) is 18.2 Å². The van der Waals surface area contributed by atoms with Crippen LogP contribution in [0.1, 0.15) is 5.56 Å². The van der Waals surface area contributed by atoms with Gasteiger partial charge < -0.3 is 0 Å². The summed E-state index contributed by atoms with van der Waals surface area (Å²) < 4.78 is 37.4. The summed E-state index contributed by atoms with van der Waals surface area (Å²) in [6.07, 6.45) is -2.81. The molecule has 0 saturated heterocycles. The zero-order valence-electron chi connectivity index (χ0n) is 8.12. The third-order valence-electron chi connectivity index (χ3n) is 2.07. The number of hydrogen-bond acceptors (Lipinski definition) is 1. The molecule has 0 atom stereocenters. The maximum absolute atomic E-state index is 12.5. The molecule has 0 spiro atoms. The first kappa shape index (κ1) is 10.7. The van der Waals surface area contributed by atoms with Crippen LogP contribution in [-0.2, 0) is 6.18 Å². The van der Waals surface area contributed by atoms with Crippen LogP contribution < -0.4 is 0 Å². The first-order valence-corrected chi connectivity index (χ1v) is 4.58. The Morgan fingerprint density at radius 2 is 1.94 bits per heavy atom. The average molecular weight is 222 g/mol. The SMILES string of the molecule is FC(F)(F)c1cccc(-c2[c]cccn2)c1. The third-order valence-corrected chi connectivity index (χ3v) is 2.07. The molecule has 0 aliphatic heterocycles. The number of benzene rings is 1. The molecular formula is C12H7F3N.